The molecule has 0 aromatic heterocycles. The quantitative estimate of drug-likeness (QED) is 0.470. The van der Waals surface area contributed by atoms with Crippen molar-refractivity contribution in [2.75, 3.05) is 6.61 Å². The van der Waals surface area contributed by atoms with Crippen LogP contribution in [0.5, 0.6) is 5.75 Å². The van der Waals surface area contributed by atoms with E-state index in [1.54, 1.807) is 0 Å². The van der Waals surface area contributed by atoms with Crippen LogP contribution in [-0.2, 0) is 13.8 Å². The van der Waals surface area contributed by atoms with Gasteiger partial charge in [-0.25, -0.2) is 12.8 Å². The predicted molar refractivity (Wildman–Crippen MR) is 69.9 cm³/mol. The molecule has 21 heavy (non-hydrogen) atoms. The van der Waals surface area contributed by atoms with Crippen molar-refractivity contribution in [3.8, 4) is 5.75 Å². The van der Waals surface area contributed by atoms with E-state index in [1.165, 1.54) is 6.92 Å². The van der Waals surface area contributed by atoms with Crippen molar-refractivity contribution in [1.82, 2.24) is 0 Å². The van der Waals surface area contributed by atoms with Gasteiger partial charge in [0.1, 0.15) is 10.7 Å². The van der Waals surface area contributed by atoms with Crippen LogP contribution in [0.1, 0.15) is 6.92 Å². The molecule has 0 bridgehead atoms. The topological polar surface area (TPSA) is 130 Å². The van der Waals surface area contributed by atoms with E-state index in [4.69, 9.17) is 21.2 Å². The van der Waals surface area contributed by atoms with E-state index in [0.717, 1.165) is 0 Å². The summed E-state index contributed by atoms with van der Waals surface area (Å²) in [5, 5.41) is 10.9. The molecule has 0 fully saturated rings. The minimum atomic E-state index is -4.49. The molecule has 8 nitrogen and oxygen atoms in total. The summed E-state index contributed by atoms with van der Waals surface area (Å²) in [6, 6.07) is 0.961. The Bertz CT molecular complexity index is 693. The normalized spacial score (nSPS) is 12.7. The number of nitrogens with two attached hydrogens (primary N) is 1. The Balaban J connectivity index is 3.24. The van der Waals surface area contributed by atoms with Gasteiger partial charge in [0.05, 0.1) is 17.4 Å². The van der Waals surface area contributed by atoms with Gasteiger partial charge in [-0.3, -0.25) is 14.9 Å². The summed E-state index contributed by atoms with van der Waals surface area (Å²) in [6.07, 6.45) is 0. The summed E-state index contributed by atoms with van der Waals surface area (Å²) in [5.41, 5.74) is 4.19. The maximum absolute atomic E-state index is 13.6. The number of primary amides is 1. The monoisotopic (exact) mass is 340 g/mol. The average Bonchev–Trinajstić information content (AvgIpc) is 2.33. The first-order valence-electron chi connectivity index (χ1n) is 5.38. The molecule has 0 aliphatic heterocycles. The minimum Gasteiger partial charge on any atom is -0.486 e. The first-order valence-corrected chi connectivity index (χ1v) is 7.69. The summed E-state index contributed by atoms with van der Waals surface area (Å²) >= 11 is 0. The molecule has 116 valence electrons. The van der Waals surface area contributed by atoms with Crippen LogP contribution < -0.4 is 10.5 Å². The smallest absolute Gasteiger partial charge is 0.312 e. The van der Waals surface area contributed by atoms with Crippen molar-refractivity contribution in [1.29, 1.82) is 0 Å². The summed E-state index contributed by atoms with van der Waals surface area (Å²) in [5.74, 6) is -3.32. The number of rotatable bonds is 6. The van der Waals surface area contributed by atoms with Crippen LogP contribution in [0.4, 0.5) is 10.1 Å². The molecular formula is C10H10ClFN2O6S. The van der Waals surface area contributed by atoms with Gasteiger partial charge in [0.2, 0.25) is 5.91 Å². The second-order valence-corrected chi connectivity index (χ2v) is 6.59. The summed E-state index contributed by atoms with van der Waals surface area (Å²) in [4.78, 5) is 19.7. The van der Waals surface area contributed by atoms with Crippen molar-refractivity contribution in [2.45, 2.75) is 11.8 Å². The molecule has 0 aliphatic rings. The van der Waals surface area contributed by atoms with E-state index in [1.807, 2.05) is 0 Å². The Hall–Kier alpha value is -1.94. The molecule has 1 aromatic carbocycles. The summed E-state index contributed by atoms with van der Waals surface area (Å²) < 4.78 is 40.8. The number of nitro groups is 1. The molecule has 0 aliphatic carbocycles. The van der Waals surface area contributed by atoms with Gasteiger partial charge >= 0.3 is 5.69 Å². The Labute approximate surface area is 123 Å². The third kappa shape index (κ3) is 4.26. The van der Waals surface area contributed by atoms with Crippen molar-refractivity contribution in [3.05, 3.63) is 28.1 Å². The Morgan fingerprint density at radius 1 is 1.57 bits per heavy atom. The van der Waals surface area contributed by atoms with E-state index in [-0.39, 0.29) is 6.61 Å². The van der Waals surface area contributed by atoms with Crippen molar-refractivity contribution >= 4 is 31.3 Å². The van der Waals surface area contributed by atoms with Gasteiger partial charge in [-0.1, -0.05) is 6.92 Å². The molecule has 2 N–H and O–H groups in total. The van der Waals surface area contributed by atoms with Crippen molar-refractivity contribution in [2.24, 2.45) is 11.7 Å². The molecule has 1 aromatic rings. The average molecular weight is 341 g/mol. The fourth-order valence-electron chi connectivity index (χ4n) is 1.27. The minimum absolute atomic E-state index is 0.331. The van der Waals surface area contributed by atoms with Gasteiger partial charge < -0.3 is 10.5 Å². The van der Waals surface area contributed by atoms with Gasteiger partial charge in [0.15, 0.2) is 5.75 Å². The fraction of sp³-hybridized carbons (Fsp3) is 0.300. The second kappa shape index (κ2) is 6.22. The van der Waals surface area contributed by atoms with Crippen LogP contribution in [-0.4, -0.2) is 25.9 Å². The molecular weight excluding hydrogens is 331 g/mol. The highest BCUT2D eigenvalue weighted by Gasteiger charge is 2.26. The maximum atomic E-state index is 13.6. The van der Waals surface area contributed by atoms with Crippen molar-refractivity contribution < 1.29 is 27.3 Å². The van der Waals surface area contributed by atoms with Gasteiger partial charge in [-0.2, -0.15) is 0 Å². The van der Waals surface area contributed by atoms with Gasteiger partial charge in [0, 0.05) is 22.8 Å². The first kappa shape index (κ1) is 17.1. The summed E-state index contributed by atoms with van der Waals surface area (Å²) in [7, 11) is 0.482. The Morgan fingerprint density at radius 3 is 2.57 bits per heavy atom. The lowest BCUT2D eigenvalue weighted by Crippen LogP contribution is -2.26. The highest BCUT2D eigenvalue weighted by molar-refractivity contribution is 8.13. The summed E-state index contributed by atoms with van der Waals surface area (Å²) in [6.45, 7) is 1.07. The van der Waals surface area contributed by atoms with Crippen LogP contribution in [0.15, 0.2) is 17.0 Å². The van der Waals surface area contributed by atoms with Crippen LogP contribution in [0.25, 0.3) is 0 Å². The molecule has 11 heteroatoms. The molecule has 0 spiro atoms. The number of ether oxygens (including phenoxy) is 1. The third-order valence-corrected chi connectivity index (χ3v) is 3.78. The zero-order valence-electron chi connectivity index (χ0n) is 10.6. The first-order chi connectivity index (χ1) is 9.54. The zero-order chi connectivity index (χ0) is 16.4. The van der Waals surface area contributed by atoms with E-state index in [2.05, 4.69) is 0 Å². The Morgan fingerprint density at radius 2 is 2.14 bits per heavy atom. The number of carbonyl (C=O) groups is 1. The number of nitrogens with zero attached hydrogens (tertiary/aromatic N) is 1. The van der Waals surface area contributed by atoms with E-state index in [9.17, 15) is 27.7 Å². The maximum Gasteiger partial charge on any atom is 0.312 e. The van der Waals surface area contributed by atoms with Crippen LogP contribution in [0.2, 0.25) is 0 Å². The molecule has 1 atom stereocenters. The van der Waals surface area contributed by atoms with Crippen LogP contribution in [0.3, 0.4) is 0 Å². The number of amides is 1. The predicted octanol–water partition coefficient (Wildman–Crippen LogP) is 1.16. The van der Waals surface area contributed by atoms with Gasteiger partial charge in [-0.15, -0.1) is 0 Å². The van der Waals surface area contributed by atoms with Crippen molar-refractivity contribution in [3.63, 3.8) is 0 Å². The fourth-order valence-corrected chi connectivity index (χ4v) is 2.17. The largest absolute Gasteiger partial charge is 0.486 e. The molecule has 0 radical (unpaired) electrons. The SMILES string of the molecule is CC(COc1cc(F)c(S(=O)(=O)Cl)cc1[N+](=O)[O-])C(N)=O. The Kier molecular flexibility index (Phi) is 5.07. The molecule has 0 saturated heterocycles. The third-order valence-electron chi connectivity index (χ3n) is 2.45. The molecule has 1 unspecified atom stereocenters. The number of carbonyl (C=O) groups excluding carboxylic acids is 1. The molecule has 1 amide bonds. The molecule has 1 rings (SSSR count). The number of hydrogen-bond donors (Lipinski definition) is 1. The molecule has 0 saturated carbocycles. The zero-order valence-corrected chi connectivity index (χ0v) is 12.1. The standard InChI is InChI=1S/C10H10ClFN2O6S/c1-5(10(13)15)4-20-8-2-6(12)9(21(11,18)19)3-7(8)14(16)17/h2-3,5H,4H2,1H3,(H2,13,15). The van der Waals surface area contributed by atoms with Gasteiger partial charge in [-0.05, 0) is 0 Å². The highest BCUT2D eigenvalue weighted by Crippen LogP contribution is 2.33. The lowest BCUT2D eigenvalue weighted by molar-refractivity contribution is -0.386. The van der Waals surface area contributed by atoms with Gasteiger partial charge in [0.25, 0.3) is 9.05 Å². The number of nitro benzene ring substituents is 1. The lowest BCUT2D eigenvalue weighted by Gasteiger charge is -2.11. The second-order valence-electron chi connectivity index (χ2n) is 4.06. The molecule has 0 heterocycles. The lowest BCUT2D eigenvalue weighted by atomic mass is 10.2. The van der Waals surface area contributed by atoms with E-state index in [0.29, 0.717) is 12.1 Å². The van der Waals surface area contributed by atoms with E-state index < -0.39 is 47.9 Å². The number of halogens is 2. The van der Waals surface area contributed by atoms with Crippen LogP contribution in [0, 0.1) is 21.8 Å². The number of hydrogen-bond acceptors (Lipinski definition) is 6. The van der Waals surface area contributed by atoms with Crippen LogP contribution >= 0.6 is 10.7 Å². The number of benzene rings is 1. The highest BCUT2D eigenvalue weighted by atomic mass is 35.7. The van der Waals surface area contributed by atoms with E-state index >= 15 is 0 Å².